The molecule has 0 radical (unpaired) electrons. The predicted molar refractivity (Wildman–Crippen MR) is 104 cm³/mol. The van der Waals surface area contributed by atoms with Crippen LogP contribution in [0, 0.1) is 0 Å². The van der Waals surface area contributed by atoms with E-state index in [2.05, 4.69) is 4.74 Å². The fourth-order valence-electron chi connectivity index (χ4n) is 3.07. The van der Waals surface area contributed by atoms with Crippen LogP contribution in [-0.4, -0.2) is 56.1 Å². The van der Waals surface area contributed by atoms with Gasteiger partial charge in [0.15, 0.2) is 0 Å². The molecule has 0 aliphatic carbocycles. The van der Waals surface area contributed by atoms with Crippen molar-refractivity contribution in [3.63, 3.8) is 0 Å². The molecule has 0 spiro atoms. The van der Waals surface area contributed by atoms with Gasteiger partial charge in [0, 0.05) is 26.2 Å². The van der Waals surface area contributed by atoms with Crippen LogP contribution >= 0.6 is 11.6 Å². The zero-order valence-electron chi connectivity index (χ0n) is 15.6. The number of alkyl halides is 3. The number of hydrogen-bond donors (Lipinski definition) is 0. The van der Waals surface area contributed by atoms with Crippen molar-refractivity contribution in [3.8, 4) is 5.75 Å². The molecule has 30 heavy (non-hydrogen) atoms. The zero-order chi connectivity index (χ0) is 21.9. The average Bonchev–Trinajstić information content (AvgIpc) is 2.68. The number of sulfonamides is 1. The van der Waals surface area contributed by atoms with Crippen LogP contribution in [0.1, 0.15) is 5.56 Å². The Morgan fingerprint density at radius 2 is 1.60 bits per heavy atom. The smallest absolute Gasteiger partial charge is 0.406 e. The largest absolute Gasteiger partial charge is 0.573 e. The van der Waals surface area contributed by atoms with Crippen LogP contribution in [0.5, 0.6) is 5.75 Å². The lowest BCUT2D eigenvalue weighted by atomic mass is 10.1. The van der Waals surface area contributed by atoms with Gasteiger partial charge in [0.25, 0.3) is 0 Å². The molecule has 1 fully saturated rings. The summed E-state index contributed by atoms with van der Waals surface area (Å²) in [5.41, 5.74) is 0.528. The van der Waals surface area contributed by atoms with Crippen LogP contribution in [-0.2, 0) is 21.2 Å². The standard InChI is InChI=1S/C19H18ClF3N2O4S/c20-16-3-1-2-4-17(16)30(27,28)25-11-9-24(10-12-25)18(26)13-14-5-7-15(8-6-14)29-19(21,22)23/h1-8H,9-13H2. The Labute approximate surface area is 176 Å². The third kappa shape index (κ3) is 5.44. The third-order valence-electron chi connectivity index (χ3n) is 4.56. The first kappa shape index (κ1) is 22.4. The van der Waals surface area contributed by atoms with Gasteiger partial charge in [-0.05, 0) is 29.8 Å². The molecule has 1 aliphatic heterocycles. The molecule has 1 amide bonds. The van der Waals surface area contributed by atoms with Gasteiger partial charge in [0.05, 0.1) is 11.4 Å². The van der Waals surface area contributed by atoms with Crippen molar-refractivity contribution in [2.24, 2.45) is 0 Å². The Kier molecular flexibility index (Phi) is 6.59. The molecule has 0 N–H and O–H groups in total. The van der Waals surface area contributed by atoms with Crippen LogP contribution in [0.3, 0.4) is 0 Å². The summed E-state index contributed by atoms with van der Waals surface area (Å²) in [6.45, 7) is 0.658. The number of hydrogen-bond acceptors (Lipinski definition) is 4. The Morgan fingerprint density at radius 1 is 1.00 bits per heavy atom. The van der Waals surface area contributed by atoms with Crippen LogP contribution in [0.2, 0.25) is 5.02 Å². The summed E-state index contributed by atoms with van der Waals surface area (Å²) >= 11 is 6.00. The quantitative estimate of drug-likeness (QED) is 0.683. The normalized spacial score (nSPS) is 15.8. The Hall–Kier alpha value is -2.30. The molecular formula is C19H18ClF3N2O4S. The highest BCUT2D eigenvalue weighted by Crippen LogP contribution is 2.25. The molecule has 1 saturated heterocycles. The van der Waals surface area contributed by atoms with Crippen LogP contribution in [0.4, 0.5) is 13.2 Å². The van der Waals surface area contributed by atoms with Crippen LogP contribution < -0.4 is 4.74 Å². The molecule has 11 heteroatoms. The molecule has 2 aromatic carbocycles. The summed E-state index contributed by atoms with van der Waals surface area (Å²) in [4.78, 5) is 14.0. The summed E-state index contributed by atoms with van der Waals surface area (Å²) in [5, 5.41) is 0.133. The van der Waals surface area contributed by atoms with E-state index in [1.54, 1.807) is 12.1 Å². The number of carbonyl (C=O) groups excluding carboxylic acids is 1. The molecule has 0 unspecified atom stereocenters. The van der Waals surface area contributed by atoms with E-state index in [4.69, 9.17) is 11.6 Å². The van der Waals surface area contributed by atoms with E-state index >= 15 is 0 Å². The molecule has 1 heterocycles. The van der Waals surface area contributed by atoms with Gasteiger partial charge in [0.2, 0.25) is 15.9 Å². The molecular weight excluding hydrogens is 445 g/mol. The number of ether oxygens (including phenoxy) is 1. The Bertz CT molecular complexity index is 1010. The molecule has 3 rings (SSSR count). The minimum atomic E-state index is -4.78. The van der Waals surface area contributed by atoms with Crippen molar-refractivity contribution >= 4 is 27.5 Å². The number of carbonyl (C=O) groups is 1. The van der Waals surface area contributed by atoms with Crippen LogP contribution in [0.15, 0.2) is 53.4 Å². The van der Waals surface area contributed by atoms with Gasteiger partial charge in [-0.2, -0.15) is 4.31 Å². The summed E-state index contributed by atoms with van der Waals surface area (Å²) < 4.78 is 67.2. The maximum absolute atomic E-state index is 12.8. The summed E-state index contributed by atoms with van der Waals surface area (Å²) in [6, 6.07) is 11.2. The van der Waals surface area contributed by atoms with Gasteiger partial charge in [0.1, 0.15) is 10.6 Å². The second-order valence-electron chi connectivity index (χ2n) is 6.58. The fraction of sp³-hybridized carbons (Fsp3) is 0.316. The molecule has 0 bridgehead atoms. The van der Waals surface area contributed by atoms with Crippen molar-refractivity contribution < 1.29 is 31.1 Å². The highest BCUT2D eigenvalue weighted by Gasteiger charge is 2.32. The van der Waals surface area contributed by atoms with E-state index in [9.17, 15) is 26.4 Å². The fourth-order valence-corrected chi connectivity index (χ4v) is 4.98. The maximum Gasteiger partial charge on any atom is 0.573 e. The lowest BCUT2D eigenvalue weighted by Gasteiger charge is -2.34. The first-order chi connectivity index (χ1) is 14.1. The third-order valence-corrected chi connectivity index (χ3v) is 6.96. The van der Waals surface area contributed by atoms with Crippen LogP contribution in [0.25, 0.3) is 0 Å². The van der Waals surface area contributed by atoms with Crippen molar-refractivity contribution in [2.45, 2.75) is 17.7 Å². The minimum absolute atomic E-state index is 0.0104. The molecule has 6 nitrogen and oxygen atoms in total. The molecule has 1 aliphatic rings. The topological polar surface area (TPSA) is 66.9 Å². The molecule has 0 aromatic heterocycles. The number of amides is 1. The van der Waals surface area contributed by atoms with E-state index in [0.717, 1.165) is 12.1 Å². The summed E-state index contributed by atoms with van der Waals surface area (Å²) in [7, 11) is -3.76. The predicted octanol–water partition coefficient (Wildman–Crippen LogP) is 3.31. The first-order valence-corrected chi connectivity index (χ1v) is 10.8. The number of halogens is 4. The number of rotatable bonds is 5. The molecule has 162 valence electrons. The first-order valence-electron chi connectivity index (χ1n) is 8.93. The van der Waals surface area contributed by atoms with Crippen molar-refractivity contribution in [3.05, 3.63) is 59.1 Å². The Balaban J connectivity index is 1.57. The second-order valence-corrected chi connectivity index (χ2v) is 8.90. The van der Waals surface area contributed by atoms with E-state index in [-0.39, 0.29) is 54.2 Å². The van der Waals surface area contributed by atoms with E-state index in [1.807, 2.05) is 0 Å². The molecule has 0 atom stereocenters. The second kappa shape index (κ2) is 8.83. The average molecular weight is 463 g/mol. The van der Waals surface area contributed by atoms with Gasteiger partial charge < -0.3 is 9.64 Å². The van der Waals surface area contributed by atoms with Crippen molar-refractivity contribution in [1.82, 2.24) is 9.21 Å². The number of benzene rings is 2. The van der Waals surface area contributed by atoms with E-state index in [1.165, 1.54) is 33.5 Å². The van der Waals surface area contributed by atoms with E-state index in [0.29, 0.717) is 5.56 Å². The molecule has 0 saturated carbocycles. The van der Waals surface area contributed by atoms with Gasteiger partial charge in [-0.3, -0.25) is 4.79 Å². The van der Waals surface area contributed by atoms with Gasteiger partial charge >= 0.3 is 6.36 Å². The Morgan fingerprint density at radius 3 is 2.17 bits per heavy atom. The summed E-state index contributed by atoms with van der Waals surface area (Å²) in [6.07, 6.45) is -4.79. The highest BCUT2D eigenvalue weighted by atomic mass is 35.5. The van der Waals surface area contributed by atoms with Gasteiger partial charge in [-0.1, -0.05) is 35.9 Å². The highest BCUT2D eigenvalue weighted by molar-refractivity contribution is 7.89. The summed E-state index contributed by atoms with van der Waals surface area (Å²) in [5.74, 6) is -0.605. The maximum atomic E-state index is 12.8. The lowest BCUT2D eigenvalue weighted by Crippen LogP contribution is -2.50. The van der Waals surface area contributed by atoms with Gasteiger partial charge in [-0.15, -0.1) is 13.2 Å². The van der Waals surface area contributed by atoms with Crippen molar-refractivity contribution in [1.29, 1.82) is 0 Å². The SMILES string of the molecule is O=C(Cc1ccc(OC(F)(F)F)cc1)N1CCN(S(=O)(=O)c2ccccc2Cl)CC1. The zero-order valence-corrected chi connectivity index (χ0v) is 17.2. The van der Waals surface area contributed by atoms with Crippen molar-refractivity contribution in [2.75, 3.05) is 26.2 Å². The lowest BCUT2D eigenvalue weighted by molar-refractivity contribution is -0.274. The minimum Gasteiger partial charge on any atom is -0.406 e. The van der Waals surface area contributed by atoms with Gasteiger partial charge in [-0.25, -0.2) is 8.42 Å². The molecule has 2 aromatic rings. The van der Waals surface area contributed by atoms with E-state index < -0.39 is 16.4 Å². The monoisotopic (exact) mass is 462 g/mol. The number of nitrogens with zero attached hydrogens (tertiary/aromatic N) is 2. The number of piperazine rings is 1.